The fourth-order valence-corrected chi connectivity index (χ4v) is 2.49. The van der Waals surface area contributed by atoms with Gasteiger partial charge in [0.25, 0.3) is 0 Å². The summed E-state index contributed by atoms with van der Waals surface area (Å²) >= 11 is 0. The summed E-state index contributed by atoms with van der Waals surface area (Å²) < 4.78 is 0. The Bertz CT molecular complexity index is 476. The van der Waals surface area contributed by atoms with Gasteiger partial charge in [-0.1, -0.05) is 13.8 Å². The van der Waals surface area contributed by atoms with E-state index in [9.17, 15) is 9.59 Å². The summed E-state index contributed by atoms with van der Waals surface area (Å²) in [6.07, 6.45) is 2.31. The molecule has 0 saturated heterocycles. The number of carbonyl (C=O) groups excluding carboxylic acids is 2. The van der Waals surface area contributed by atoms with Crippen LogP contribution < -0.4 is 4.90 Å². The van der Waals surface area contributed by atoms with Gasteiger partial charge in [0.15, 0.2) is 5.78 Å². The monoisotopic (exact) mass is 289 g/mol. The molecule has 0 heterocycles. The number of nitrogens with zero attached hydrogens (tertiary/aromatic N) is 1. The van der Waals surface area contributed by atoms with Crippen molar-refractivity contribution in [1.29, 1.82) is 0 Å². The molecule has 1 aromatic carbocycles. The first-order chi connectivity index (χ1) is 9.81. The van der Waals surface area contributed by atoms with Crippen molar-refractivity contribution in [2.24, 2.45) is 11.8 Å². The SMILES string of the molecule is CC(=O)CCC(C)CC(C)C(=O)c1ccc(N(C)C)cc1. The van der Waals surface area contributed by atoms with E-state index in [1.165, 1.54) is 0 Å². The molecule has 1 aromatic rings. The highest BCUT2D eigenvalue weighted by Crippen LogP contribution is 2.22. The molecular formula is C18H27NO2. The van der Waals surface area contributed by atoms with Crippen LogP contribution in [0.4, 0.5) is 5.69 Å². The Balaban J connectivity index is 2.59. The first-order valence-electron chi connectivity index (χ1n) is 7.62. The van der Waals surface area contributed by atoms with Crippen molar-refractivity contribution < 1.29 is 9.59 Å². The molecule has 0 aliphatic rings. The van der Waals surface area contributed by atoms with E-state index in [4.69, 9.17) is 0 Å². The maximum Gasteiger partial charge on any atom is 0.165 e. The molecule has 0 fully saturated rings. The van der Waals surface area contributed by atoms with Gasteiger partial charge < -0.3 is 9.69 Å². The van der Waals surface area contributed by atoms with Gasteiger partial charge in [0, 0.05) is 37.7 Å². The smallest absolute Gasteiger partial charge is 0.165 e. The molecule has 0 radical (unpaired) electrons. The molecule has 21 heavy (non-hydrogen) atoms. The standard InChI is InChI=1S/C18H27NO2/c1-13(6-7-15(3)20)12-14(2)18(21)16-8-10-17(11-9-16)19(4)5/h8-11,13-14H,6-7,12H2,1-5H3. The lowest BCUT2D eigenvalue weighted by atomic mass is 9.88. The Hall–Kier alpha value is -1.64. The Labute approximate surface area is 128 Å². The van der Waals surface area contributed by atoms with Crippen molar-refractivity contribution in [2.45, 2.75) is 40.0 Å². The minimum absolute atomic E-state index is 0.00263. The second-order valence-electron chi connectivity index (χ2n) is 6.29. The van der Waals surface area contributed by atoms with Gasteiger partial charge in [-0.05, 0) is 49.9 Å². The Morgan fingerprint density at radius 1 is 1.10 bits per heavy atom. The number of hydrogen-bond donors (Lipinski definition) is 0. The van der Waals surface area contributed by atoms with Crippen LogP contribution in [0.5, 0.6) is 0 Å². The molecule has 0 N–H and O–H groups in total. The van der Waals surface area contributed by atoms with Crippen molar-refractivity contribution in [1.82, 2.24) is 0 Å². The fourth-order valence-electron chi connectivity index (χ4n) is 2.49. The van der Waals surface area contributed by atoms with Crippen molar-refractivity contribution >= 4 is 17.3 Å². The van der Waals surface area contributed by atoms with Gasteiger partial charge in [-0.3, -0.25) is 4.79 Å². The van der Waals surface area contributed by atoms with E-state index < -0.39 is 0 Å². The van der Waals surface area contributed by atoms with E-state index in [2.05, 4.69) is 6.92 Å². The van der Waals surface area contributed by atoms with Crippen LogP contribution in [0.25, 0.3) is 0 Å². The van der Waals surface area contributed by atoms with Crippen LogP contribution in [0.3, 0.4) is 0 Å². The van der Waals surface area contributed by atoms with E-state index >= 15 is 0 Å². The van der Waals surface area contributed by atoms with Gasteiger partial charge in [0.2, 0.25) is 0 Å². The van der Waals surface area contributed by atoms with E-state index in [0.29, 0.717) is 12.3 Å². The first kappa shape index (κ1) is 17.4. The zero-order valence-electron chi connectivity index (χ0n) is 13.8. The highest BCUT2D eigenvalue weighted by Gasteiger charge is 2.18. The van der Waals surface area contributed by atoms with Crippen LogP contribution in [0, 0.1) is 11.8 Å². The molecule has 3 nitrogen and oxygen atoms in total. The van der Waals surface area contributed by atoms with Crippen LogP contribution >= 0.6 is 0 Å². The Morgan fingerprint density at radius 3 is 2.14 bits per heavy atom. The van der Waals surface area contributed by atoms with Gasteiger partial charge in [-0.2, -0.15) is 0 Å². The molecule has 0 bridgehead atoms. The quantitative estimate of drug-likeness (QED) is 0.680. The second-order valence-corrected chi connectivity index (χ2v) is 6.29. The molecule has 116 valence electrons. The maximum absolute atomic E-state index is 12.4. The van der Waals surface area contributed by atoms with Gasteiger partial charge in [0.1, 0.15) is 5.78 Å². The second kappa shape index (κ2) is 7.96. The number of anilines is 1. The number of ketones is 2. The van der Waals surface area contributed by atoms with E-state index in [0.717, 1.165) is 24.1 Å². The summed E-state index contributed by atoms with van der Waals surface area (Å²) in [6.45, 7) is 5.71. The van der Waals surface area contributed by atoms with Gasteiger partial charge in [-0.25, -0.2) is 0 Å². The lowest BCUT2D eigenvalue weighted by molar-refractivity contribution is -0.117. The molecule has 0 aliphatic carbocycles. The summed E-state index contributed by atoms with van der Waals surface area (Å²) in [5, 5.41) is 0. The van der Waals surface area contributed by atoms with E-state index in [-0.39, 0.29) is 17.5 Å². The Morgan fingerprint density at radius 2 is 1.67 bits per heavy atom. The average molecular weight is 289 g/mol. The lowest BCUT2D eigenvalue weighted by Crippen LogP contribution is -2.15. The van der Waals surface area contributed by atoms with Gasteiger partial charge in [0.05, 0.1) is 0 Å². The predicted octanol–water partition coefficient (Wildman–Crippen LogP) is 3.97. The molecule has 3 heteroatoms. The third-order valence-electron chi connectivity index (χ3n) is 3.86. The molecule has 0 aromatic heterocycles. The summed E-state index contributed by atoms with van der Waals surface area (Å²) in [4.78, 5) is 25.4. The molecule has 2 atom stereocenters. The maximum atomic E-state index is 12.4. The molecule has 0 aliphatic heterocycles. The summed E-state index contributed by atoms with van der Waals surface area (Å²) in [6, 6.07) is 7.74. The summed E-state index contributed by atoms with van der Waals surface area (Å²) in [7, 11) is 3.96. The normalized spacial score (nSPS) is 13.6. The number of rotatable bonds is 8. The zero-order valence-corrected chi connectivity index (χ0v) is 13.8. The minimum Gasteiger partial charge on any atom is -0.378 e. The summed E-state index contributed by atoms with van der Waals surface area (Å²) in [5.74, 6) is 0.807. The summed E-state index contributed by atoms with van der Waals surface area (Å²) in [5.41, 5.74) is 1.86. The van der Waals surface area contributed by atoms with Gasteiger partial charge >= 0.3 is 0 Å². The van der Waals surface area contributed by atoms with Crippen LogP contribution in [0.15, 0.2) is 24.3 Å². The molecule has 0 amide bonds. The largest absolute Gasteiger partial charge is 0.378 e. The average Bonchev–Trinajstić information content (AvgIpc) is 2.44. The molecule has 0 spiro atoms. The van der Waals surface area contributed by atoms with Crippen LogP contribution in [0.1, 0.15) is 50.4 Å². The number of benzene rings is 1. The third kappa shape index (κ3) is 5.70. The minimum atomic E-state index is -0.00263. The topological polar surface area (TPSA) is 37.4 Å². The fraction of sp³-hybridized carbons (Fsp3) is 0.556. The molecule has 0 saturated carbocycles. The number of Topliss-reactive ketones (excluding diaryl/α,β-unsaturated/α-hetero) is 2. The number of hydrogen-bond acceptors (Lipinski definition) is 3. The van der Waals surface area contributed by atoms with E-state index in [1.807, 2.05) is 50.2 Å². The van der Waals surface area contributed by atoms with Crippen molar-refractivity contribution in [2.75, 3.05) is 19.0 Å². The lowest BCUT2D eigenvalue weighted by Gasteiger charge is -2.17. The van der Waals surface area contributed by atoms with Crippen molar-refractivity contribution in [3.8, 4) is 0 Å². The third-order valence-corrected chi connectivity index (χ3v) is 3.86. The highest BCUT2D eigenvalue weighted by atomic mass is 16.1. The number of carbonyl (C=O) groups is 2. The van der Waals surface area contributed by atoms with Crippen LogP contribution in [-0.4, -0.2) is 25.7 Å². The Kier molecular flexibility index (Phi) is 6.60. The first-order valence-corrected chi connectivity index (χ1v) is 7.62. The van der Waals surface area contributed by atoms with Gasteiger partial charge in [-0.15, -0.1) is 0 Å². The molecule has 1 rings (SSSR count). The van der Waals surface area contributed by atoms with Crippen molar-refractivity contribution in [3.05, 3.63) is 29.8 Å². The van der Waals surface area contributed by atoms with Crippen LogP contribution in [0.2, 0.25) is 0 Å². The zero-order chi connectivity index (χ0) is 16.0. The highest BCUT2D eigenvalue weighted by molar-refractivity contribution is 5.97. The van der Waals surface area contributed by atoms with Crippen LogP contribution in [-0.2, 0) is 4.79 Å². The predicted molar refractivity (Wildman–Crippen MR) is 88.0 cm³/mol. The molecule has 2 unspecified atom stereocenters. The van der Waals surface area contributed by atoms with Crippen molar-refractivity contribution in [3.63, 3.8) is 0 Å². The van der Waals surface area contributed by atoms with E-state index in [1.54, 1.807) is 6.92 Å². The molecular weight excluding hydrogens is 262 g/mol.